The molecule has 0 fully saturated rings. The number of rotatable bonds is 7. The van der Waals surface area contributed by atoms with Crippen LogP contribution in [0, 0.1) is 0 Å². The molecule has 2 rings (SSSR count). The summed E-state index contributed by atoms with van der Waals surface area (Å²) in [4.78, 5) is 0.189. The monoisotopic (exact) mass is 365 g/mol. The highest BCUT2D eigenvalue weighted by molar-refractivity contribution is 7.92. The van der Waals surface area contributed by atoms with Gasteiger partial charge in [-0.2, -0.15) is 5.10 Å². The summed E-state index contributed by atoms with van der Waals surface area (Å²) in [6.45, 7) is 8.82. The van der Waals surface area contributed by atoms with Crippen LogP contribution in [0.1, 0.15) is 46.2 Å². The highest BCUT2D eigenvalue weighted by atomic mass is 32.2. The van der Waals surface area contributed by atoms with E-state index in [2.05, 4.69) is 16.7 Å². The number of hydrogen-bond donors (Lipinski definition) is 1. The van der Waals surface area contributed by atoms with Crippen LogP contribution in [0.25, 0.3) is 0 Å². The van der Waals surface area contributed by atoms with Crippen LogP contribution in [0.15, 0.2) is 35.2 Å². The molecule has 2 aromatic rings. The maximum absolute atomic E-state index is 12.6. The zero-order chi connectivity index (χ0) is 18.7. The quantitative estimate of drug-likeness (QED) is 0.759. The topological polar surface area (TPSA) is 73.2 Å². The lowest BCUT2D eigenvalue weighted by Gasteiger charge is -2.13. The molecule has 1 aromatic carbocycles. The van der Waals surface area contributed by atoms with E-state index in [1.54, 1.807) is 42.1 Å². The van der Waals surface area contributed by atoms with E-state index in [-0.39, 0.29) is 10.3 Å². The van der Waals surface area contributed by atoms with E-state index in [1.807, 2.05) is 20.8 Å². The molecule has 0 atom stereocenters. The number of unbranched alkanes of at least 4 members (excludes halogenated alkanes) is 1. The van der Waals surface area contributed by atoms with Crippen LogP contribution in [0.2, 0.25) is 0 Å². The van der Waals surface area contributed by atoms with Gasteiger partial charge in [0.15, 0.2) is 0 Å². The fourth-order valence-electron chi connectivity index (χ4n) is 2.18. The summed E-state index contributed by atoms with van der Waals surface area (Å²) in [5.41, 5.74) is 0.672. The van der Waals surface area contributed by atoms with Crippen molar-refractivity contribution in [3.05, 3.63) is 36.0 Å². The lowest BCUT2D eigenvalue weighted by molar-refractivity contribution is 0.309. The van der Waals surface area contributed by atoms with Gasteiger partial charge >= 0.3 is 0 Å². The van der Waals surface area contributed by atoms with Crippen molar-refractivity contribution in [3.63, 3.8) is 0 Å². The van der Waals surface area contributed by atoms with Crippen LogP contribution in [-0.2, 0) is 22.5 Å². The van der Waals surface area contributed by atoms with Gasteiger partial charge in [0.05, 0.1) is 17.2 Å². The number of nitrogens with one attached hydrogen (secondary N) is 1. The van der Waals surface area contributed by atoms with Gasteiger partial charge in [-0.25, -0.2) is 8.42 Å². The van der Waals surface area contributed by atoms with Crippen molar-refractivity contribution in [1.82, 2.24) is 9.78 Å². The third kappa shape index (κ3) is 4.98. The first-order valence-electron chi connectivity index (χ1n) is 8.43. The molecular formula is C18H27N3O3S. The minimum atomic E-state index is -3.68. The van der Waals surface area contributed by atoms with Crippen molar-refractivity contribution < 1.29 is 13.2 Å². The van der Waals surface area contributed by atoms with Gasteiger partial charge < -0.3 is 4.74 Å². The lowest BCUT2D eigenvalue weighted by atomic mass is 9.92. The third-order valence-corrected chi connectivity index (χ3v) is 5.16. The zero-order valence-electron chi connectivity index (χ0n) is 15.5. The van der Waals surface area contributed by atoms with Crippen LogP contribution >= 0.6 is 0 Å². The van der Waals surface area contributed by atoms with E-state index in [9.17, 15) is 8.42 Å². The number of nitrogens with zero attached hydrogens (tertiary/aromatic N) is 2. The molecule has 0 aliphatic heterocycles. The number of anilines is 1. The third-order valence-electron chi connectivity index (χ3n) is 3.79. The zero-order valence-corrected chi connectivity index (χ0v) is 16.4. The first kappa shape index (κ1) is 19.3. The van der Waals surface area contributed by atoms with Crippen molar-refractivity contribution in [1.29, 1.82) is 0 Å². The molecule has 25 heavy (non-hydrogen) atoms. The predicted molar refractivity (Wildman–Crippen MR) is 99.6 cm³/mol. The average Bonchev–Trinajstić information content (AvgIpc) is 2.89. The van der Waals surface area contributed by atoms with Crippen molar-refractivity contribution in [2.24, 2.45) is 7.05 Å². The van der Waals surface area contributed by atoms with Gasteiger partial charge in [0.1, 0.15) is 11.6 Å². The van der Waals surface area contributed by atoms with Crippen LogP contribution in [-0.4, -0.2) is 24.8 Å². The van der Waals surface area contributed by atoms with Gasteiger partial charge in [-0.1, -0.05) is 34.1 Å². The fraction of sp³-hybridized carbons (Fsp3) is 0.500. The summed E-state index contributed by atoms with van der Waals surface area (Å²) in [5.74, 6) is 1.11. The van der Waals surface area contributed by atoms with Gasteiger partial charge in [-0.15, -0.1) is 0 Å². The Morgan fingerprint density at radius 2 is 1.84 bits per heavy atom. The summed E-state index contributed by atoms with van der Waals surface area (Å²) in [6, 6.07) is 8.21. The number of ether oxygens (including phenoxy) is 1. The Balaban J connectivity index is 2.15. The van der Waals surface area contributed by atoms with Gasteiger partial charge in [-0.05, 0) is 30.7 Å². The maximum Gasteiger partial charge on any atom is 0.263 e. The van der Waals surface area contributed by atoms with E-state index >= 15 is 0 Å². The van der Waals surface area contributed by atoms with E-state index in [4.69, 9.17) is 4.74 Å². The van der Waals surface area contributed by atoms with Gasteiger partial charge in [0.2, 0.25) is 0 Å². The first-order chi connectivity index (χ1) is 11.6. The molecule has 0 saturated heterocycles. The van der Waals surface area contributed by atoms with E-state index in [1.165, 1.54) is 0 Å². The second kappa shape index (κ2) is 7.47. The standard InChI is InChI=1S/C18H27N3O3S/c1-6-7-12-24-14-8-10-15(11-9-14)25(22,23)20-17-13-16(18(2,3)4)19-21(17)5/h8-11,13,20H,6-7,12H2,1-5H3. The Morgan fingerprint density at radius 1 is 1.20 bits per heavy atom. The molecule has 0 aliphatic rings. The van der Waals surface area contributed by atoms with Crippen LogP contribution in [0.4, 0.5) is 5.82 Å². The Kier molecular flexibility index (Phi) is 5.77. The summed E-state index contributed by atoms with van der Waals surface area (Å²) in [5, 5.41) is 4.39. The number of sulfonamides is 1. The Bertz CT molecular complexity index is 803. The molecule has 1 heterocycles. The van der Waals surface area contributed by atoms with Crippen molar-refractivity contribution in [2.45, 2.75) is 50.8 Å². The molecule has 0 radical (unpaired) electrons. The van der Waals surface area contributed by atoms with Crippen molar-refractivity contribution in [2.75, 3.05) is 11.3 Å². The van der Waals surface area contributed by atoms with Gasteiger partial charge in [0.25, 0.3) is 10.0 Å². The average molecular weight is 365 g/mol. The van der Waals surface area contributed by atoms with E-state index < -0.39 is 10.0 Å². The molecule has 7 heteroatoms. The molecule has 0 aliphatic carbocycles. The minimum absolute atomic E-state index is 0.154. The largest absolute Gasteiger partial charge is 0.494 e. The molecular weight excluding hydrogens is 338 g/mol. The molecule has 1 N–H and O–H groups in total. The number of aromatic nitrogens is 2. The molecule has 1 aromatic heterocycles. The fourth-order valence-corrected chi connectivity index (χ4v) is 3.25. The highest BCUT2D eigenvalue weighted by Crippen LogP contribution is 2.25. The first-order valence-corrected chi connectivity index (χ1v) is 9.92. The molecule has 0 amide bonds. The van der Waals surface area contributed by atoms with E-state index in [0.29, 0.717) is 18.2 Å². The normalized spacial score (nSPS) is 12.2. The number of hydrogen-bond acceptors (Lipinski definition) is 4. The molecule has 0 bridgehead atoms. The molecule has 6 nitrogen and oxygen atoms in total. The van der Waals surface area contributed by atoms with Gasteiger partial charge in [-0.3, -0.25) is 9.40 Å². The SMILES string of the molecule is CCCCOc1ccc(S(=O)(=O)Nc2cc(C(C)(C)C)nn2C)cc1. The maximum atomic E-state index is 12.6. The summed E-state index contributed by atoms with van der Waals surface area (Å²) >= 11 is 0. The van der Waals surface area contributed by atoms with E-state index in [0.717, 1.165) is 18.5 Å². The Labute approximate surface area is 150 Å². The predicted octanol–water partition coefficient (Wildman–Crippen LogP) is 3.70. The highest BCUT2D eigenvalue weighted by Gasteiger charge is 2.22. The van der Waals surface area contributed by atoms with Crippen LogP contribution in [0.3, 0.4) is 0 Å². The number of aryl methyl sites for hydroxylation is 1. The summed E-state index contributed by atoms with van der Waals surface area (Å²) in [7, 11) is -1.96. The smallest absolute Gasteiger partial charge is 0.263 e. The second-order valence-electron chi connectivity index (χ2n) is 7.07. The van der Waals surface area contributed by atoms with Crippen molar-refractivity contribution >= 4 is 15.8 Å². The Morgan fingerprint density at radius 3 is 2.36 bits per heavy atom. The molecule has 0 spiro atoms. The molecule has 138 valence electrons. The van der Waals surface area contributed by atoms with Crippen LogP contribution in [0.5, 0.6) is 5.75 Å². The summed E-state index contributed by atoms with van der Waals surface area (Å²) in [6.07, 6.45) is 2.02. The Hall–Kier alpha value is -2.02. The number of benzene rings is 1. The minimum Gasteiger partial charge on any atom is -0.494 e. The van der Waals surface area contributed by atoms with Crippen molar-refractivity contribution in [3.8, 4) is 5.75 Å². The lowest BCUT2D eigenvalue weighted by Crippen LogP contribution is -2.15. The molecule has 0 unspecified atom stereocenters. The van der Waals surface area contributed by atoms with Crippen LogP contribution < -0.4 is 9.46 Å². The second-order valence-corrected chi connectivity index (χ2v) is 8.75. The molecule has 0 saturated carbocycles. The summed E-state index contributed by atoms with van der Waals surface area (Å²) < 4.78 is 34.9. The van der Waals surface area contributed by atoms with Gasteiger partial charge in [0, 0.05) is 18.5 Å².